The van der Waals surface area contributed by atoms with Crippen LogP contribution in [0.3, 0.4) is 0 Å². The van der Waals surface area contributed by atoms with Gasteiger partial charge in [0.2, 0.25) is 0 Å². The average Bonchev–Trinajstić information content (AvgIpc) is 3.06. The molecule has 0 unspecified atom stereocenters. The summed E-state index contributed by atoms with van der Waals surface area (Å²) in [6, 6.07) is 7.45. The maximum atomic E-state index is 12.1. The van der Waals surface area contributed by atoms with Crippen molar-refractivity contribution in [3.63, 3.8) is 0 Å². The highest BCUT2D eigenvalue weighted by Gasteiger charge is 2.62. The van der Waals surface area contributed by atoms with Crippen LogP contribution in [0.1, 0.15) is 6.42 Å². The number of nitrogens with zero attached hydrogens (tertiary/aromatic N) is 1. The summed E-state index contributed by atoms with van der Waals surface area (Å²) in [5, 5.41) is 8.31. The van der Waals surface area contributed by atoms with E-state index in [1.54, 1.807) is 6.07 Å². The van der Waals surface area contributed by atoms with Crippen molar-refractivity contribution in [3.8, 4) is 6.07 Å². The largest absolute Gasteiger partial charge is 0.302 e. The molecule has 2 rings (SSSR count). The van der Waals surface area contributed by atoms with E-state index in [-0.39, 0.29) is 11.3 Å². The van der Waals surface area contributed by atoms with Gasteiger partial charge in [-0.1, -0.05) is 11.6 Å². The predicted molar refractivity (Wildman–Crippen MR) is 61.2 cm³/mol. The van der Waals surface area contributed by atoms with Gasteiger partial charge in [-0.2, -0.15) is 5.26 Å². The molecule has 1 aromatic carbocycles. The van der Waals surface area contributed by atoms with Gasteiger partial charge in [-0.3, -0.25) is 0 Å². The van der Waals surface area contributed by atoms with Gasteiger partial charge in [0, 0.05) is 5.02 Å². The first kappa shape index (κ1) is 12.1. The van der Waals surface area contributed by atoms with E-state index in [1.165, 1.54) is 24.3 Å². The van der Waals surface area contributed by atoms with Crippen LogP contribution in [0.4, 0.5) is 0 Å². The van der Waals surface area contributed by atoms with Crippen LogP contribution in [0.25, 0.3) is 0 Å². The first-order valence-electron chi connectivity index (χ1n) is 4.83. The standard InChI is InChI=1S/C11H8ClNO3S/c12-8-1-3-9(4-2-8)17(15,16)10-5-11(10,6-13)7-14/h1-4,7,10H,5H2/t10-,11+/m1/s1. The quantitative estimate of drug-likeness (QED) is 0.781. The lowest BCUT2D eigenvalue weighted by Crippen LogP contribution is -2.16. The fraction of sp³-hybridized carbons (Fsp3) is 0.273. The molecular weight excluding hydrogens is 262 g/mol. The molecule has 0 heterocycles. The first-order chi connectivity index (χ1) is 7.96. The Morgan fingerprint density at radius 2 is 2.00 bits per heavy atom. The van der Waals surface area contributed by atoms with E-state index in [2.05, 4.69) is 0 Å². The number of carbonyl (C=O) groups excluding carboxylic acids is 1. The third kappa shape index (κ3) is 1.84. The zero-order valence-electron chi connectivity index (χ0n) is 8.63. The number of benzene rings is 1. The summed E-state index contributed by atoms with van der Waals surface area (Å²) >= 11 is 5.66. The van der Waals surface area contributed by atoms with Gasteiger partial charge in [0.15, 0.2) is 9.84 Å². The second kappa shape index (κ2) is 3.83. The van der Waals surface area contributed by atoms with E-state index < -0.39 is 20.5 Å². The molecule has 0 aliphatic heterocycles. The molecule has 1 saturated carbocycles. The summed E-state index contributed by atoms with van der Waals surface area (Å²) in [6.45, 7) is 0. The monoisotopic (exact) mass is 269 g/mol. The molecule has 0 spiro atoms. The van der Waals surface area contributed by atoms with Gasteiger partial charge < -0.3 is 4.79 Å². The summed E-state index contributed by atoms with van der Waals surface area (Å²) in [7, 11) is -3.63. The minimum absolute atomic E-state index is 0.0674. The molecule has 0 bridgehead atoms. The van der Waals surface area contributed by atoms with E-state index in [0.717, 1.165) is 0 Å². The molecule has 1 aliphatic carbocycles. The zero-order chi connectivity index (χ0) is 12.7. The summed E-state index contributed by atoms with van der Waals surface area (Å²) in [6.07, 6.45) is 0.489. The average molecular weight is 270 g/mol. The van der Waals surface area contributed by atoms with Crippen molar-refractivity contribution in [1.82, 2.24) is 0 Å². The van der Waals surface area contributed by atoms with Gasteiger partial charge in [0.1, 0.15) is 11.7 Å². The number of hydrogen-bond acceptors (Lipinski definition) is 4. The molecule has 88 valence electrons. The van der Waals surface area contributed by atoms with Crippen molar-refractivity contribution >= 4 is 27.7 Å². The highest BCUT2D eigenvalue weighted by atomic mass is 35.5. The molecule has 2 atom stereocenters. The van der Waals surface area contributed by atoms with Gasteiger partial charge >= 0.3 is 0 Å². The maximum Gasteiger partial charge on any atom is 0.183 e. The van der Waals surface area contributed by atoms with Crippen LogP contribution < -0.4 is 0 Å². The van der Waals surface area contributed by atoms with Gasteiger partial charge in [0.25, 0.3) is 0 Å². The van der Waals surface area contributed by atoms with E-state index >= 15 is 0 Å². The van der Waals surface area contributed by atoms with Crippen LogP contribution in [0.15, 0.2) is 29.2 Å². The number of halogens is 1. The fourth-order valence-electron chi connectivity index (χ4n) is 1.69. The smallest absolute Gasteiger partial charge is 0.183 e. The van der Waals surface area contributed by atoms with Gasteiger partial charge in [-0.15, -0.1) is 0 Å². The molecule has 0 amide bonds. The lowest BCUT2D eigenvalue weighted by atomic mass is 10.2. The van der Waals surface area contributed by atoms with Crippen LogP contribution in [0, 0.1) is 16.7 Å². The molecular formula is C11H8ClNO3S. The van der Waals surface area contributed by atoms with Crippen LogP contribution >= 0.6 is 11.6 Å². The fourth-order valence-corrected chi connectivity index (χ4v) is 3.82. The molecule has 0 N–H and O–H groups in total. The molecule has 6 heteroatoms. The molecule has 1 aliphatic rings. The Bertz CT molecular complexity index is 603. The van der Waals surface area contributed by atoms with Crippen molar-refractivity contribution in [1.29, 1.82) is 5.26 Å². The third-order valence-corrected chi connectivity index (χ3v) is 5.39. The van der Waals surface area contributed by atoms with Crippen molar-refractivity contribution in [2.75, 3.05) is 0 Å². The van der Waals surface area contributed by atoms with E-state index in [9.17, 15) is 13.2 Å². The summed E-state index contributed by atoms with van der Waals surface area (Å²) in [5.74, 6) is 0. The lowest BCUT2D eigenvalue weighted by molar-refractivity contribution is -0.110. The number of carbonyl (C=O) groups is 1. The Labute approximate surface area is 104 Å². The zero-order valence-corrected chi connectivity index (χ0v) is 10.2. The van der Waals surface area contributed by atoms with Crippen LogP contribution in [-0.4, -0.2) is 20.0 Å². The minimum atomic E-state index is -3.63. The second-order valence-corrected chi connectivity index (χ2v) is 6.53. The third-order valence-electron chi connectivity index (χ3n) is 2.87. The number of hydrogen-bond donors (Lipinski definition) is 0. The molecule has 0 radical (unpaired) electrons. The molecule has 4 nitrogen and oxygen atoms in total. The Morgan fingerprint density at radius 3 is 2.41 bits per heavy atom. The number of aldehydes is 1. The SMILES string of the molecule is N#C[C@]1(C=O)C[C@H]1S(=O)(=O)c1ccc(Cl)cc1. The van der Waals surface area contributed by atoms with E-state index in [4.69, 9.17) is 16.9 Å². The highest BCUT2D eigenvalue weighted by molar-refractivity contribution is 7.92. The van der Waals surface area contributed by atoms with E-state index in [0.29, 0.717) is 11.3 Å². The topological polar surface area (TPSA) is 75.0 Å². The Balaban J connectivity index is 2.38. The molecule has 0 aromatic heterocycles. The van der Waals surface area contributed by atoms with Gasteiger partial charge in [0.05, 0.1) is 16.2 Å². The molecule has 17 heavy (non-hydrogen) atoms. The van der Waals surface area contributed by atoms with Gasteiger partial charge in [-0.25, -0.2) is 8.42 Å². The summed E-state index contributed by atoms with van der Waals surface area (Å²) in [4.78, 5) is 10.8. The van der Waals surface area contributed by atoms with Crippen LogP contribution in [0.2, 0.25) is 5.02 Å². The molecule has 1 aromatic rings. The minimum Gasteiger partial charge on any atom is -0.302 e. The Kier molecular flexibility index (Phi) is 2.72. The van der Waals surface area contributed by atoms with Gasteiger partial charge in [-0.05, 0) is 30.7 Å². The lowest BCUT2D eigenvalue weighted by Gasteiger charge is -2.04. The summed E-state index contributed by atoms with van der Waals surface area (Å²) in [5.41, 5.74) is -1.36. The number of sulfone groups is 1. The van der Waals surface area contributed by atoms with Crippen molar-refractivity contribution in [2.45, 2.75) is 16.6 Å². The number of nitriles is 1. The maximum absolute atomic E-state index is 12.1. The molecule has 0 saturated heterocycles. The normalized spacial score (nSPS) is 27.2. The molecule has 1 fully saturated rings. The van der Waals surface area contributed by atoms with Crippen molar-refractivity contribution in [2.24, 2.45) is 5.41 Å². The van der Waals surface area contributed by atoms with Crippen LogP contribution in [0.5, 0.6) is 0 Å². The Morgan fingerprint density at radius 1 is 1.41 bits per heavy atom. The second-order valence-electron chi connectivity index (χ2n) is 3.96. The first-order valence-corrected chi connectivity index (χ1v) is 6.76. The predicted octanol–water partition coefficient (Wildman–Crippen LogP) is 1.59. The summed E-state index contributed by atoms with van der Waals surface area (Å²) < 4.78 is 24.2. The van der Waals surface area contributed by atoms with E-state index in [1.807, 2.05) is 0 Å². The number of rotatable bonds is 3. The van der Waals surface area contributed by atoms with Crippen molar-refractivity contribution < 1.29 is 13.2 Å². The van der Waals surface area contributed by atoms with Crippen molar-refractivity contribution in [3.05, 3.63) is 29.3 Å². The Hall–Kier alpha value is -1.38. The van der Waals surface area contributed by atoms with Crippen LogP contribution in [-0.2, 0) is 14.6 Å². The highest BCUT2D eigenvalue weighted by Crippen LogP contribution is 2.50.